The number of fused-ring (bicyclic) bond motifs is 3. The van der Waals surface area contributed by atoms with Crippen LogP contribution in [0.1, 0.15) is 49.9 Å². The van der Waals surface area contributed by atoms with Gasteiger partial charge in [0, 0.05) is 34.4 Å². The van der Waals surface area contributed by atoms with Crippen molar-refractivity contribution in [3.8, 4) is 34.1 Å². The fourth-order valence-corrected chi connectivity index (χ4v) is 6.27. The molecule has 4 aromatic carbocycles. The monoisotopic (exact) mass is 722 g/mol. The van der Waals surface area contributed by atoms with E-state index in [-0.39, 0.29) is 62.3 Å². The van der Waals surface area contributed by atoms with Gasteiger partial charge in [0.05, 0.1) is 44.1 Å². The largest absolute Gasteiger partial charge is 0.491 e. The summed E-state index contributed by atoms with van der Waals surface area (Å²) in [6.07, 6.45) is -1.28. The first-order valence-electron chi connectivity index (χ1n) is 17.4. The molecule has 0 heterocycles. The quantitative estimate of drug-likeness (QED) is 0.0444. The highest BCUT2D eigenvalue weighted by Crippen LogP contribution is 2.60. The molecule has 1 aliphatic rings. The van der Waals surface area contributed by atoms with Crippen LogP contribution in [0.2, 0.25) is 0 Å². The third kappa shape index (κ3) is 8.86. The molecule has 0 radical (unpaired) electrons. The molecule has 2 unspecified atom stereocenters. The van der Waals surface area contributed by atoms with Crippen LogP contribution >= 0.6 is 0 Å². The van der Waals surface area contributed by atoms with Gasteiger partial charge in [-0.3, -0.25) is 0 Å². The van der Waals surface area contributed by atoms with Crippen LogP contribution in [0.15, 0.2) is 109 Å². The molecule has 0 aromatic heterocycles. The van der Waals surface area contributed by atoms with Gasteiger partial charge in [0.25, 0.3) is 0 Å². The van der Waals surface area contributed by atoms with Gasteiger partial charge in [-0.15, -0.1) is 0 Å². The third-order valence-corrected chi connectivity index (χ3v) is 8.47. The maximum Gasteiger partial charge on any atom is 0.338 e. The Morgan fingerprint density at radius 1 is 0.604 bits per heavy atom. The molecule has 0 saturated heterocycles. The van der Waals surface area contributed by atoms with E-state index >= 15 is 0 Å². The zero-order chi connectivity index (χ0) is 38.1. The number of aliphatic hydroxyl groups is 2. The number of esters is 2. The highest BCUT2D eigenvalue weighted by Gasteiger charge is 2.49. The summed E-state index contributed by atoms with van der Waals surface area (Å²) in [5, 5.41) is 19.4. The van der Waals surface area contributed by atoms with Gasteiger partial charge in [-0.1, -0.05) is 73.8 Å². The molecule has 2 atom stereocenters. The Kier molecular flexibility index (Phi) is 12.9. The number of ether oxygens (including phenoxy) is 6. The van der Waals surface area contributed by atoms with E-state index in [1.807, 2.05) is 36.4 Å². The molecule has 0 saturated carbocycles. The molecule has 278 valence electrons. The Labute approximate surface area is 310 Å². The van der Waals surface area contributed by atoms with E-state index in [1.54, 1.807) is 52.0 Å². The van der Waals surface area contributed by atoms with E-state index < -0.39 is 29.6 Å². The van der Waals surface area contributed by atoms with E-state index in [0.29, 0.717) is 22.6 Å². The van der Waals surface area contributed by atoms with Crippen molar-refractivity contribution in [1.29, 1.82) is 0 Å². The van der Waals surface area contributed by atoms with Gasteiger partial charge in [-0.05, 0) is 62.1 Å². The molecule has 0 spiro atoms. The first-order valence-corrected chi connectivity index (χ1v) is 17.4. The number of aliphatic hydroxyl groups excluding tert-OH is 2. The lowest BCUT2D eigenvalue weighted by Crippen LogP contribution is -2.30. The maximum atomic E-state index is 12.6. The van der Waals surface area contributed by atoms with Crippen molar-refractivity contribution in [2.24, 2.45) is 0 Å². The van der Waals surface area contributed by atoms with Crippen molar-refractivity contribution in [2.45, 2.75) is 45.3 Å². The van der Waals surface area contributed by atoms with Crippen LogP contribution in [-0.4, -0.2) is 74.0 Å². The van der Waals surface area contributed by atoms with Gasteiger partial charge in [0.2, 0.25) is 0 Å². The molecule has 0 bridgehead atoms. The molecule has 2 N–H and O–H groups in total. The van der Waals surface area contributed by atoms with Gasteiger partial charge in [0.1, 0.15) is 36.2 Å². The van der Waals surface area contributed by atoms with Crippen LogP contribution in [-0.2, 0) is 24.5 Å². The number of carbonyl (C=O) groups excluding carboxylic acids is 2. The predicted octanol–water partition coefficient (Wildman–Crippen LogP) is 6.57. The van der Waals surface area contributed by atoms with Crippen molar-refractivity contribution in [3.63, 3.8) is 0 Å². The van der Waals surface area contributed by atoms with Gasteiger partial charge in [-0.25, -0.2) is 9.59 Å². The van der Waals surface area contributed by atoms with Gasteiger partial charge < -0.3 is 38.6 Å². The second-order valence-electron chi connectivity index (χ2n) is 13.0. The van der Waals surface area contributed by atoms with Crippen molar-refractivity contribution in [1.82, 2.24) is 0 Å². The summed E-state index contributed by atoms with van der Waals surface area (Å²) < 4.78 is 35.5. The second kappa shape index (κ2) is 17.5. The zero-order valence-electron chi connectivity index (χ0n) is 30.6. The molecule has 1 aliphatic carbocycles. The Hall–Kier alpha value is -5.26. The average Bonchev–Trinajstić information content (AvgIpc) is 3.42. The molecule has 10 nitrogen and oxygen atoms in total. The number of benzene rings is 4. The Bertz CT molecular complexity index is 1820. The zero-order valence-corrected chi connectivity index (χ0v) is 30.6. The summed E-state index contributed by atoms with van der Waals surface area (Å²) in [7, 11) is 0. The Morgan fingerprint density at radius 3 is 1.38 bits per heavy atom. The summed E-state index contributed by atoms with van der Waals surface area (Å²) in [6.45, 7) is 14.7. The summed E-state index contributed by atoms with van der Waals surface area (Å²) >= 11 is 0. The lowest BCUT2D eigenvalue weighted by Gasteiger charge is -2.36. The summed E-state index contributed by atoms with van der Waals surface area (Å²) in [6, 6.07) is 26.7. The van der Waals surface area contributed by atoms with Crippen LogP contribution in [0.5, 0.6) is 23.0 Å². The van der Waals surface area contributed by atoms with Crippen LogP contribution in [0.25, 0.3) is 11.1 Å². The predicted molar refractivity (Wildman–Crippen MR) is 201 cm³/mol. The van der Waals surface area contributed by atoms with Gasteiger partial charge >= 0.3 is 11.9 Å². The lowest BCUT2D eigenvalue weighted by atomic mass is 9.67. The van der Waals surface area contributed by atoms with E-state index in [1.165, 1.54) is 0 Å². The maximum absolute atomic E-state index is 12.6. The van der Waals surface area contributed by atoms with Gasteiger partial charge in [-0.2, -0.15) is 0 Å². The molecular weight excluding hydrogens is 676 g/mol. The topological polar surface area (TPSA) is 130 Å². The van der Waals surface area contributed by atoms with Crippen molar-refractivity contribution < 1.29 is 48.2 Å². The first kappa shape index (κ1) is 39.0. The Morgan fingerprint density at radius 2 is 1.00 bits per heavy atom. The number of hydrogen-bond donors (Lipinski definition) is 2. The molecule has 4 aromatic rings. The second-order valence-corrected chi connectivity index (χ2v) is 13.0. The SMILES string of the molecule is C=C(C)C(=O)Oc1ccc(C2(c3ccc(OC(=O)C(=C)C)cc3OCCOCC(C)O)c3ccccc3-c3ccccc32)c(OCCOCC(C)O)c1. The Balaban J connectivity index is 1.75. The summed E-state index contributed by atoms with van der Waals surface area (Å²) in [5.41, 5.74) is 4.69. The molecule has 0 aliphatic heterocycles. The van der Waals surface area contributed by atoms with Crippen molar-refractivity contribution >= 4 is 11.9 Å². The van der Waals surface area contributed by atoms with Crippen LogP contribution in [0.3, 0.4) is 0 Å². The smallest absolute Gasteiger partial charge is 0.338 e. The van der Waals surface area contributed by atoms with Crippen molar-refractivity contribution in [2.75, 3.05) is 39.6 Å². The van der Waals surface area contributed by atoms with Crippen LogP contribution in [0, 0.1) is 0 Å². The molecule has 0 amide bonds. The third-order valence-electron chi connectivity index (χ3n) is 8.47. The summed E-state index contributed by atoms with van der Waals surface area (Å²) in [5.74, 6) is 0.170. The minimum absolute atomic E-state index is 0.122. The van der Waals surface area contributed by atoms with E-state index in [4.69, 9.17) is 28.4 Å². The molecule has 5 rings (SSSR count). The van der Waals surface area contributed by atoms with E-state index in [0.717, 1.165) is 22.3 Å². The first-order chi connectivity index (χ1) is 25.4. The standard InChI is InChI=1S/C43H46O10/c1-27(2)41(46)52-31-15-17-37(39(23-31)50-21-19-48-25-29(5)44)43(35-13-9-7-11-33(35)34-12-8-10-14-36(34)43)38-18-16-32(53-42(47)28(3)4)24-40(38)51-22-20-49-26-30(6)45/h7-18,23-24,29-30,44-45H,1,3,19-22,25-26H2,2,4-6H3. The van der Waals surface area contributed by atoms with Crippen molar-refractivity contribution in [3.05, 3.63) is 131 Å². The molecule has 0 fully saturated rings. The summed E-state index contributed by atoms with van der Waals surface area (Å²) in [4.78, 5) is 25.3. The molecular formula is C43H46O10. The van der Waals surface area contributed by atoms with Crippen LogP contribution in [0.4, 0.5) is 0 Å². The normalized spacial score (nSPS) is 13.6. The highest BCUT2D eigenvalue weighted by atomic mass is 16.6. The number of hydrogen-bond acceptors (Lipinski definition) is 10. The fourth-order valence-electron chi connectivity index (χ4n) is 6.27. The molecule has 10 heteroatoms. The minimum Gasteiger partial charge on any atom is -0.491 e. The minimum atomic E-state index is -1.08. The lowest BCUT2D eigenvalue weighted by molar-refractivity contribution is -0.130. The molecule has 53 heavy (non-hydrogen) atoms. The number of carbonyl (C=O) groups is 2. The average molecular weight is 723 g/mol. The van der Waals surface area contributed by atoms with E-state index in [2.05, 4.69) is 37.4 Å². The number of rotatable bonds is 18. The highest BCUT2D eigenvalue weighted by molar-refractivity contribution is 5.90. The fraction of sp³-hybridized carbons (Fsp3) is 0.302. The van der Waals surface area contributed by atoms with E-state index in [9.17, 15) is 19.8 Å². The van der Waals surface area contributed by atoms with Crippen LogP contribution < -0.4 is 18.9 Å². The van der Waals surface area contributed by atoms with Gasteiger partial charge in [0.15, 0.2) is 0 Å².